The molecule has 2 aromatic rings. The van der Waals surface area contributed by atoms with E-state index >= 15 is 0 Å². The molecule has 0 aliphatic carbocycles. The maximum absolute atomic E-state index is 13.3. The number of esters is 2. The number of hydrogen-bond donors (Lipinski definition) is 0. The number of ether oxygens (including phenoxy) is 2. The molecule has 140 valence electrons. The minimum atomic E-state index is -1.46. The van der Waals surface area contributed by atoms with Crippen molar-refractivity contribution in [2.45, 2.75) is 32.0 Å². The van der Waals surface area contributed by atoms with Crippen LogP contribution in [0.25, 0.3) is 0 Å². The second-order valence-electron chi connectivity index (χ2n) is 6.47. The quantitative estimate of drug-likeness (QED) is 0.760. The number of rotatable bonds is 5. The summed E-state index contributed by atoms with van der Waals surface area (Å²) in [4.78, 5) is 39.5. The lowest BCUT2D eigenvalue weighted by Crippen LogP contribution is -2.51. The van der Waals surface area contributed by atoms with Gasteiger partial charge in [0.2, 0.25) is 6.23 Å². The Morgan fingerprint density at radius 3 is 2.26 bits per heavy atom. The van der Waals surface area contributed by atoms with Crippen LogP contribution in [0.1, 0.15) is 42.4 Å². The molecule has 0 N–H and O–H groups in total. The van der Waals surface area contributed by atoms with E-state index in [9.17, 15) is 14.4 Å². The van der Waals surface area contributed by atoms with E-state index in [1.54, 1.807) is 61.5 Å². The number of nitrogens with zero attached hydrogens (tertiary/aromatic N) is 1. The van der Waals surface area contributed by atoms with Crippen molar-refractivity contribution in [2.75, 3.05) is 6.61 Å². The lowest BCUT2D eigenvalue weighted by molar-refractivity contribution is -0.152. The van der Waals surface area contributed by atoms with Crippen molar-refractivity contribution in [3.05, 3.63) is 71.8 Å². The minimum Gasteiger partial charge on any atom is -0.466 e. The summed E-state index contributed by atoms with van der Waals surface area (Å²) in [7, 11) is 0. The van der Waals surface area contributed by atoms with Gasteiger partial charge in [-0.05, 0) is 26.0 Å². The molecular formula is C21H21NO5. The molecule has 0 radical (unpaired) electrons. The number of benzene rings is 2. The molecule has 0 spiro atoms. The number of amides is 1. The highest BCUT2D eigenvalue weighted by Gasteiger charge is 2.56. The second-order valence-corrected chi connectivity index (χ2v) is 6.47. The van der Waals surface area contributed by atoms with E-state index in [0.717, 1.165) is 0 Å². The number of carbonyl (C=O) groups is 3. The summed E-state index contributed by atoms with van der Waals surface area (Å²) in [6.45, 7) is 3.42. The Morgan fingerprint density at radius 2 is 1.67 bits per heavy atom. The molecule has 1 fully saturated rings. The summed E-state index contributed by atoms with van der Waals surface area (Å²) in [5, 5.41) is 0. The van der Waals surface area contributed by atoms with Crippen LogP contribution in [0.15, 0.2) is 60.7 Å². The first-order chi connectivity index (χ1) is 13.0. The van der Waals surface area contributed by atoms with Crippen molar-refractivity contribution in [3.63, 3.8) is 0 Å². The molecule has 27 heavy (non-hydrogen) atoms. The Bertz CT molecular complexity index is 836. The molecule has 0 saturated carbocycles. The Kier molecular flexibility index (Phi) is 5.26. The fourth-order valence-corrected chi connectivity index (χ4v) is 3.17. The van der Waals surface area contributed by atoms with Gasteiger partial charge in [0, 0.05) is 11.1 Å². The summed E-state index contributed by atoms with van der Waals surface area (Å²) in [6.07, 6.45) is -1.19. The van der Waals surface area contributed by atoms with Gasteiger partial charge in [0.15, 0.2) is 5.54 Å². The molecule has 3 rings (SSSR count). The van der Waals surface area contributed by atoms with Gasteiger partial charge in [0.1, 0.15) is 0 Å². The molecule has 2 aromatic carbocycles. The summed E-state index contributed by atoms with van der Waals surface area (Å²) in [6, 6.07) is 17.6. The zero-order chi connectivity index (χ0) is 19.4. The van der Waals surface area contributed by atoms with Crippen LogP contribution in [0, 0.1) is 0 Å². The first kappa shape index (κ1) is 18.6. The van der Waals surface area contributed by atoms with Crippen LogP contribution in [0.3, 0.4) is 0 Å². The molecule has 6 heteroatoms. The summed E-state index contributed by atoms with van der Waals surface area (Å²) in [5.41, 5.74) is -0.394. The van der Waals surface area contributed by atoms with Crippen molar-refractivity contribution in [1.29, 1.82) is 0 Å². The van der Waals surface area contributed by atoms with Gasteiger partial charge in [0.25, 0.3) is 5.91 Å². The second kappa shape index (κ2) is 7.61. The SMILES string of the molecule is CCOC(=O)C[C@]1(C)C(=O)O[C@H](c2ccccc2)N1C(=O)c1ccccc1. The highest BCUT2D eigenvalue weighted by molar-refractivity contribution is 6.01. The lowest BCUT2D eigenvalue weighted by atomic mass is 9.94. The molecule has 0 unspecified atom stereocenters. The van der Waals surface area contributed by atoms with E-state index in [0.29, 0.717) is 11.1 Å². The van der Waals surface area contributed by atoms with Gasteiger partial charge in [-0.25, -0.2) is 4.79 Å². The van der Waals surface area contributed by atoms with E-state index in [1.807, 2.05) is 6.07 Å². The maximum atomic E-state index is 13.3. The molecule has 1 aliphatic heterocycles. The van der Waals surface area contributed by atoms with E-state index in [1.165, 1.54) is 11.8 Å². The fourth-order valence-electron chi connectivity index (χ4n) is 3.17. The summed E-state index contributed by atoms with van der Waals surface area (Å²) >= 11 is 0. The van der Waals surface area contributed by atoms with Crippen molar-refractivity contribution >= 4 is 17.8 Å². The maximum Gasteiger partial charge on any atom is 0.334 e. The molecule has 0 bridgehead atoms. The van der Waals surface area contributed by atoms with E-state index in [2.05, 4.69) is 0 Å². The van der Waals surface area contributed by atoms with Crippen LogP contribution in [0.5, 0.6) is 0 Å². The predicted octanol–water partition coefficient (Wildman–Crippen LogP) is 3.10. The van der Waals surface area contributed by atoms with Crippen LogP contribution in [-0.4, -0.2) is 34.9 Å². The number of hydrogen-bond acceptors (Lipinski definition) is 5. The third-order valence-electron chi connectivity index (χ3n) is 4.54. The molecule has 0 aromatic heterocycles. The number of carbonyl (C=O) groups excluding carboxylic acids is 3. The zero-order valence-corrected chi connectivity index (χ0v) is 15.3. The van der Waals surface area contributed by atoms with E-state index < -0.39 is 23.7 Å². The van der Waals surface area contributed by atoms with Gasteiger partial charge in [0.05, 0.1) is 13.0 Å². The molecule has 1 saturated heterocycles. The first-order valence-corrected chi connectivity index (χ1v) is 8.77. The smallest absolute Gasteiger partial charge is 0.334 e. The average Bonchev–Trinajstić information content (AvgIpc) is 2.93. The summed E-state index contributed by atoms with van der Waals surface area (Å²) in [5.74, 6) is -1.58. The van der Waals surface area contributed by atoms with Crippen LogP contribution in [0.2, 0.25) is 0 Å². The zero-order valence-electron chi connectivity index (χ0n) is 15.3. The molecule has 1 amide bonds. The Morgan fingerprint density at radius 1 is 1.07 bits per heavy atom. The standard InChI is InChI=1S/C21H21NO5/c1-3-26-17(23)14-21(2)20(25)27-19(16-12-8-5-9-13-16)22(21)18(24)15-10-6-4-7-11-15/h4-13,19H,3,14H2,1-2H3/t19-,21-/m1/s1. The van der Waals surface area contributed by atoms with Crippen LogP contribution in [0.4, 0.5) is 0 Å². The van der Waals surface area contributed by atoms with E-state index in [4.69, 9.17) is 9.47 Å². The molecule has 1 aliphatic rings. The monoisotopic (exact) mass is 367 g/mol. The van der Waals surface area contributed by atoms with Gasteiger partial charge in [-0.15, -0.1) is 0 Å². The van der Waals surface area contributed by atoms with Crippen LogP contribution < -0.4 is 0 Å². The van der Waals surface area contributed by atoms with Crippen molar-refractivity contribution in [1.82, 2.24) is 4.90 Å². The number of cyclic esters (lactones) is 1. The van der Waals surface area contributed by atoms with Crippen LogP contribution in [-0.2, 0) is 19.1 Å². The van der Waals surface area contributed by atoms with Gasteiger partial charge in [-0.3, -0.25) is 14.5 Å². The Balaban J connectivity index is 2.04. The third-order valence-corrected chi connectivity index (χ3v) is 4.54. The fraction of sp³-hybridized carbons (Fsp3) is 0.286. The topological polar surface area (TPSA) is 72.9 Å². The van der Waals surface area contributed by atoms with Crippen molar-refractivity contribution in [3.8, 4) is 0 Å². The Hall–Kier alpha value is -3.15. The third kappa shape index (κ3) is 3.56. The van der Waals surface area contributed by atoms with Gasteiger partial charge >= 0.3 is 11.9 Å². The van der Waals surface area contributed by atoms with Crippen molar-refractivity contribution in [2.24, 2.45) is 0 Å². The summed E-state index contributed by atoms with van der Waals surface area (Å²) < 4.78 is 10.6. The van der Waals surface area contributed by atoms with Gasteiger partial charge in [-0.1, -0.05) is 48.5 Å². The molecule has 2 atom stereocenters. The first-order valence-electron chi connectivity index (χ1n) is 8.77. The van der Waals surface area contributed by atoms with Crippen LogP contribution >= 0.6 is 0 Å². The highest BCUT2D eigenvalue weighted by atomic mass is 16.6. The normalized spacial score (nSPS) is 21.6. The van der Waals surface area contributed by atoms with E-state index in [-0.39, 0.29) is 18.9 Å². The molecule has 6 nitrogen and oxygen atoms in total. The predicted molar refractivity (Wildman–Crippen MR) is 97.5 cm³/mol. The van der Waals surface area contributed by atoms with Crippen molar-refractivity contribution < 1.29 is 23.9 Å². The minimum absolute atomic E-state index is 0.193. The average molecular weight is 367 g/mol. The lowest BCUT2D eigenvalue weighted by Gasteiger charge is -2.33. The highest BCUT2D eigenvalue weighted by Crippen LogP contribution is 2.41. The van der Waals surface area contributed by atoms with Gasteiger partial charge < -0.3 is 9.47 Å². The van der Waals surface area contributed by atoms with Gasteiger partial charge in [-0.2, -0.15) is 0 Å². The Labute approximate surface area is 157 Å². The molecule has 1 heterocycles. The molecular weight excluding hydrogens is 346 g/mol. The largest absolute Gasteiger partial charge is 0.466 e.